The second-order valence-electron chi connectivity index (χ2n) is 11.8. The number of aromatic nitrogens is 5. The number of pyridine rings is 1. The third-order valence-corrected chi connectivity index (χ3v) is 9.07. The van der Waals surface area contributed by atoms with Crippen molar-refractivity contribution in [2.45, 2.75) is 50.7 Å². The summed E-state index contributed by atoms with van der Waals surface area (Å²) in [6, 6.07) is 29.9. The first-order valence-corrected chi connectivity index (χ1v) is 15.1. The maximum absolute atomic E-state index is 13.7. The van der Waals surface area contributed by atoms with Gasteiger partial charge in [-0.25, -0.2) is 4.68 Å². The molecule has 2 fully saturated rings. The fourth-order valence-electron chi connectivity index (χ4n) is 6.96. The molecule has 214 valence electrons. The number of piperazine rings is 1. The van der Waals surface area contributed by atoms with E-state index in [1.54, 1.807) is 0 Å². The topological polar surface area (TPSA) is 82.9 Å². The predicted octanol–water partition coefficient (Wildman–Crippen LogP) is 5.43. The van der Waals surface area contributed by atoms with E-state index in [2.05, 4.69) is 109 Å². The van der Waals surface area contributed by atoms with Crippen molar-refractivity contribution >= 4 is 10.9 Å². The average Bonchev–Trinajstić information content (AvgIpc) is 3.73. The van der Waals surface area contributed by atoms with E-state index in [0.29, 0.717) is 5.56 Å². The first-order valence-electron chi connectivity index (χ1n) is 15.1. The minimum atomic E-state index is -0.330. The van der Waals surface area contributed by atoms with Crippen LogP contribution in [0.4, 0.5) is 0 Å². The van der Waals surface area contributed by atoms with Gasteiger partial charge in [0.05, 0.1) is 12.1 Å². The van der Waals surface area contributed by atoms with Crippen molar-refractivity contribution in [3.63, 3.8) is 0 Å². The Balaban J connectivity index is 1.25. The first kappa shape index (κ1) is 26.7. The average molecular weight is 560 g/mol. The molecule has 7 rings (SSSR count). The van der Waals surface area contributed by atoms with Gasteiger partial charge in [-0.15, -0.1) is 5.10 Å². The molecule has 8 heteroatoms. The van der Waals surface area contributed by atoms with E-state index in [4.69, 9.17) is 0 Å². The Bertz CT molecular complexity index is 1660. The number of aryl methyl sites for hydroxylation is 1. The van der Waals surface area contributed by atoms with E-state index >= 15 is 0 Å². The summed E-state index contributed by atoms with van der Waals surface area (Å²) in [6.07, 6.45) is 4.51. The summed E-state index contributed by atoms with van der Waals surface area (Å²) < 4.78 is 2.01. The molecular formula is C34H37N7O. The zero-order valence-electron chi connectivity index (χ0n) is 24.1. The zero-order chi connectivity index (χ0) is 28.5. The molecule has 42 heavy (non-hydrogen) atoms. The Morgan fingerprint density at radius 3 is 2.05 bits per heavy atom. The number of nitrogens with one attached hydrogen (secondary N) is 1. The third kappa shape index (κ3) is 5.16. The van der Waals surface area contributed by atoms with Crippen molar-refractivity contribution < 1.29 is 0 Å². The molecule has 0 bridgehead atoms. The minimum absolute atomic E-state index is 0.0760. The Morgan fingerprint density at radius 2 is 1.40 bits per heavy atom. The molecule has 1 atom stereocenters. The van der Waals surface area contributed by atoms with Gasteiger partial charge >= 0.3 is 0 Å². The Hall–Kier alpha value is -4.14. The van der Waals surface area contributed by atoms with Crippen LogP contribution < -0.4 is 5.56 Å². The van der Waals surface area contributed by atoms with Gasteiger partial charge < -0.3 is 4.98 Å². The molecule has 3 heterocycles. The molecule has 0 radical (unpaired) electrons. The highest BCUT2D eigenvalue weighted by Gasteiger charge is 2.36. The Labute approximate surface area is 246 Å². The summed E-state index contributed by atoms with van der Waals surface area (Å²) in [5, 5.41) is 14.2. The van der Waals surface area contributed by atoms with E-state index < -0.39 is 0 Å². The predicted molar refractivity (Wildman–Crippen MR) is 164 cm³/mol. The van der Waals surface area contributed by atoms with Gasteiger partial charge in [0.1, 0.15) is 6.04 Å². The van der Waals surface area contributed by atoms with Crippen LogP contribution in [0, 0.1) is 6.92 Å². The number of nitrogens with zero attached hydrogens (tertiary/aromatic N) is 6. The van der Waals surface area contributed by atoms with Crippen LogP contribution in [0.5, 0.6) is 0 Å². The molecule has 0 unspecified atom stereocenters. The quantitative estimate of drug-likeness (QED) is 0.286. The Kier molecular flexibility index (Phi) is 7.40. The molecule has 2 aliphatic rings. The summed E-state index contributed by atoms with van der Waals surface area (Å²) >= 11 is 0. The first-order chi connectivity index (χ1) is 20.7. The maximum Gasteiger partial charge on any atom is 0.253 e. The number of rotatable bonds is 7. The van der Waals surface area contributed by atoms with Crippen molar-refractivity contribution in [3.05, 3.63) is 123 Å². The van der Waals surface area contributed by atoms with Crippen LogP contribution >= 0.6 is 0 Å². The number of tetrazole rings is 1. The molecule has 2 aromatic heterocycles. The lowest BCUT2D eigenvalue weighted by Gasteiger charge is -2.42. The van der Waals surface area contributed by atoms with E-state index in [1.165, 1.54) is 24.0 Å². The summed E-state index contributed by atoms with van der Waals surface area (Å²) in [5.41, 5.74) is 5.19. The molecular weight excluding hydrogens is 522 g/mol. The van der Waals surface area contributed by atoms with Crippen LogP contribution in [0.1, 0.15) is 71.9 Å². The molecule has 0 spiro atoms. The normalized spacial score (nSPS) is 17.8. The monoisotopic (exact) mass is 559 g/mol. The lowest BCUT2D eigenvalue weighted by atomic mass is 9.96. The van der Waals surface area contributed by atoms with Gasteiger partial charge in [0.25, 0.3) is 5.56 Å². The zero-order valence-corrected chi connectivity index (χ0v) is 24.1. The van der Waals surface area contributed by atoms with Gasteiger partial charge in [0.2, 0.25) is 0 Å². The number of hydrogen-bond donors (Lipinski definition) is 1. The lowest BCUT2D eigenvalue weighted by Crippen LogP contribution is -2.50. The van der Waals surface area contributed by atoms with Crippen molar-refractivity contribution in [1.29, 1.82) is 0 Å². The molecule has 3 aromatic carbocycles. The second kappa shape index (κ2) is 11.6. The molecule has 5 aromatic rings. The highest BCUT2D eigenvalue weighted by Crippen LogP contribution is 2.36. The van der Waals surface area contributed by atoms with Crippen molar-refractivity contribution in [3.8, 4) is 0 Å². The fraction of sp³-hybridized carbons (Fsp3) is 0.353. The number of aromatic amines is 1. The van der Waals surface area contributed by atoms with Crippen LogP contribution in [-0.2, 0) is 0 Å². The number of benzene rings is 3. The smallest absolute Gasteiger partial charge is 0.253 e. The van der Waals surface area contributed by atoms with Gasteiger partial charge in [0.15, 0.2) is 5.82 Å². The van der Waals surface area contributed by atoms with Gasteiger partial charge in [-0.1, -0.05) is 85.6 Å². The van der Waals surface area contributed by atoms with Crippen LogP contribution in [0.3, 0.4) is 0 Å². The molecule has 1 saturated carbocycles. The molecule has 1 aliphatic heterocycles. The lowest BCUT2D eigenvalue weighted by molar-refractivity contribution is 0.0850. The van der Waals surface area contributed by atoms with E-state index in [9.17, 15) is 4.79 Å². The largest absolute Gasteiger partial charge is 0.322 e. The highest BCUT2D eigenvalue weighted by atomic mass is 16.1. The van der Waals surface area contributed by atoms with Crippen molar-refractivity contribution in [1.82, 2.24) is 35.0 Å². The van der Waals surface area contributed by atoms with Crippen molar-refractivity contribution in [2.75, 3.05) is 26.2 Å². The SMILES string of the molecule is Cc1ccc2cc([C@H](c3nnnn3C3CCCC3)N3CCN(C(c4ccccc4)c4ccccc4)CC3)c(=O)[nH]c2c1. The molecule has 1 aliphatic carbocycles. The van der Waals surface area contributed by atoms with E-state index in [-0.39, 0.29) is 23.7 Å². The molecule has 0 amide bonds. The minimum Gasteiger partial charge on any atom is -0.322 e. The molecule has 1 saturated heterocycles. The second-order valence-corrected chi connectivity index (χ2v) is 11.8. The summed E-state index contributed by atoms with van der Waals surface area (Å²) in [5.74, 6) is 0.773. The van der Waals surface area contributed by atoms with Gasteiger partial charge in [0, 0.05) is 37.3 Å². The molecule has 8 nitrogen and oxygen atoms in total. The van der Waals surface area contributed by atoms with Gasteiger partial charge in [-0.05, 0) is 64.4 Å². The standard InChI is InChI=1S/C34H37N7O/c1-24-16-17-27-23-29(34(42)35-30(27)22-24)32(33-36-37-38-41(33)28-14-8-9-15-28)40-20-18-39(19-21-40)31(25-10-4-2-5-11-25)26-12-6-3-7-13-26/h2-7,10-13,16-17,22-23,28,31-32H,8-9,14-15,18-21H2,1H3,(H,35,42)/t32-/m1/s1. The van der Waals surface area contributed by atoms with Crippen molar-refractivity contribution in [2.24, 2.45) is 0 Å². The van der Waals surface area contributed by atoms with Crippen LogP contribution in [0.15, 0.2) is 89.7 Å². The van der Waals surface area contributed by atoms with Crippen LogP contribution in [-0.4, -0.2) is 61.2 Å². The van der Waals surface area contributed by atoms with E-state index in [1.807, 2.05) is 17.7 Å². The summed E-state index contributed by atoms with van der Waals surface area (Å²) in [7, 11) is 0. The highest BCUT2D eigenvalue weighted by molar-refractivity contribution is 5.79. The van der Waals surface area contributed by atoms with Gasteiger partial charge in [-0.2, -0.15) is 0 Å². The van der Waals surface area contributed by atoms with Crippen LogP contribution in [0.2, 0.25) is 0 Å². The third-order valence-electron chi connectivity index (χ3n) is 9.07. The number of fused-ring (bicyclic) bond motifs is 1. The summed E-state index contributed by atoms with van der Waals surface area (Å²) in [6.45, 7) is 5.36. The van der Waals surface area contributed by atoms with Gasteiger partial charge in [-0.3, -0.25) is 14.6 Å². The van der Waals surface area contributed by atoms with E-state index in [0.717, 1.165) is 61.3 Å². The van der Waals surface area contributed by atoms with Crippen LogP contribution in [0.25, 0.3) is 10.9 Å². The number of H-pyrrole nitrogens is 1. The maximum atomic E-state index is 13.7. The number of hydrogen-bond acceptors (Lipinski definition) is 6. The summed E-state index contributed by atoms with van der Waals surface area (Å²) in [4.78, 5) is 21.9. The Morgan fingerprint density at radius 1 is 0.786 bits per heavy atom. The molecule has 1 N–H and O–H groups in total. The fourth-order valence-corrected chi connectivity index (χ4v) is 6.96.